The third-order valence-corrected chi connectivity index (χ3v) is 5.21. The number of carbonyl (C=O) groups is 4. The van der Waals surface area contributed by atoms with Crippen LogP contribution in [0, 0.1) is 6.92 Å². The van der Waals surface area contributed by atoms with E-state index in [1.54, 1.807) is 60.6 Å². The summed E-state index contributed by atoms with van der Waals surface area (Å²) < 4.78 is 5.26. The number of nitrogens with two attached hydrogens (primary N) is 1. The number of nitrogens with zero attached hydrogens (tertiary/aromatic N) is 1. The van der Waals surface area contributed by atoms with Gasteiger partial charge in [0.05, 0.1) is 6.42 Å². The Bertz CT molecular complexity index is 925. The smallest absolute Gasteiger partial charge is 0.408 e. The average Bonchev–Trinajstić information content (AvgIpc) is 2.70. The molecule has 0 spiro atoms. The van der Waals surface area contributed by atoms with Crippen molar-refractivity contribution in [2.45, 2.75) is 98.0 Å². The topological polar surface area (TPSA) is 151 Å². The second-order valence-corrected chi connectivity index (χ2v) is 9.98. The quantitative estimate of drug-likeness (QED) is 0.394. The minimum Gasteiger partial charge on any atom is -0.508 e. The number of carbonyl (C=O) groups excluding carboxylic acids is 4. The van der Waals surface area contributed by atoms with Crippen molar-refractivity contribution < 1.29 is 29.0 Å². The molecule has 35 heavy (non-hydrogen) atoms. The van der Waals surface area contributed by atoms with Crippen LogP contribution in [0.5, 0.6) is 5.75 Å². The molecule has 196 valence electrons. The summed E-state index contributed by atoms with van der Waals surface area (Å²) in [6.07, 6.45) is -0.868. The standard InChI is InChI=1S/C25H40N4O6/c1-9-16(5)29(23(33)18(13-20(26)31)28-24(34)35-25(6,7)8)21(22(32)27-14(2)3)17-10-11-19(30)15(4)12-17/h10-12,14,16,18,21,30H,9,13H2,1-8H3,(H2,26,31)(H,27,32)(H,28,34). The normalized spacial score (nSPS) is 14.0. The molecule has 0 aliphatic carbocycles. The van der Waals surface area contributed by atoms with Gasteiger partial charge in [-0.3, -0.25) is 14.4 Å². The van der Waals surface area contributed by atoms with Crippen LogP contribution in [0.4, 0.5) is 4.79 Å². The molecule has 0 saturated carbocycles. The maximum Gasteiger partial charge on any atom is 0.408 e. The summed E-state index contributed by atoms with van der Waals surface area (Å²) in [6, 6.07) is 1.57. The van der Waals surface area contributed by atoms with Gasteiger partial charge in [0.1, 0.15) is 23.4 Å². The predicted molar refractivity (Wildman–Crippen MR) is 132 cm³/mol. The van der Waals surface area contributed by atoms with Gasteiger partial charge in [-0.2, -0.15) is 0 Å². The molecule has 0 aliphatic heterocycles. The van der Waals surface area contributed by atoms with E-state index in [-0.39, 0.29) is 11.8 Å². The molecule has 1 rings (SSSR count). The zero-order valence-corrected chi connectivity index (χ0v) is 22.0. The second-order valence-electron chi connectivity index (χ2n) is 9.98. The van der Waals surface area contributed by atoms with E-state index in [1.807, 2.05) is 6.92 Å². The minimum absolute atomic E-state index is 0.0522. The van der Waals surface area contributed by atoms with Crippen molar-refractivity contribution in [3.05, 3.63) is 29.3 Å². The van der Waals surface area contributed by atoms with Gasteiger partial charge in [-0.05, 0) is 78.1 Å². The van der Waals surface area contributed by atoms with E-state index in [9.17, 15) is 24.3 Å². The summed E-state index contributed by atoms with van der Waals surface area (Å²) in [4.78, 5) is 52.9. The molecule has 5 N–H and O–H groups in total. The number of aryl methyl sites for hydroxylation is 1. The molecule has 10 heteroatoms. The van der Waals surface area contributed by atoms with Crippen LogP contribution in [0.25, 0.3) is 0 Å². The molecule has 0 heterocycles. The van der Waals surface area contributed by atoms with E-state index in [0.29, 0.717) is 17.5 Å². The van der Waals surface area contributed by atoms with Crippen LogP contribution < -0.4 is 16.4 Å². The summed E-state index contributed by atoms with van der Waals surface area (Å²) in [5.41, 5.74) is 5.56. The van der Waals surface area contributed by atoms with Gasteiger partial charge in [0, 0.05) is 12.1 Å². The number of nitrogens with one attached hydrogen (secondary N) is 2. The van der Waals surface area contributed by atoms with E-state index in [2.05, 4.69) is 10.6 Å². The fraction of sp³-hybridized carbons (Fsp3) is 0.600. The molecule has 1 aromatic carbocycles. The first kappa shape index (κ1) is 29.7. The lowest BCUT2D eigenvalue weighted by molar-refractivity contribution is -0.146. The number of primary amides is 1. The molecule has 0 aromatic heterocycles. The number of hydrogen-bond donors (Lipinski definition) is 4. The summed E-state index contributed by atoms with van der Waals surface area (Å²) in [5, 5.41) is 15.3. The number of phenols is 1. The molecule has 4 amide bonds. The van der Waals surface area contributed by atoms with E-state index >= 15 is 0 Å². The maximum atomic E-state index is 13.9. The van der Waals surface area contributed by atoms with Gasteiger partial charge in [-0.25, -0.2) is 4.79 Å². The number of hydrogen-bond acceptors (Lipinski definition) is 6. The third-order valence-electron chi connectivity index (χ3n) is 5.21. The highest BCUT2D eigenvalue weighted by molar-refractivity contribution is 5.94. The van der Waals surface area contributed by atoms with E-state index in [4.69, 9.17) is 10.5 Å². The Morgan fingerprint density at radius 1 is 1.11 bits per heavy atom. The van der Waals surface area contributed by atoms with Gasteiger partial charge in [0.25, 0.3) is 0 Å². The summed E-state index contributed by atoms with van der Waals surface area (Å²) >= 11 is 0. The summed E-state index contributed by atoms with van der Waals surface area (Å²) in [6.45, 7) is 13.9. The van der Waals surface area contributed by atoms with Crippen molar-refractivity contribution in [3.63, 3.8) is 0 Å². The Labute approximate surface area is 207 Å². The van der Waals surface area contributed by atoms with Gasteiger partial charge in [0.15, 0.2) is 0 Å². The largest absolute Gasteiger partial charge is 0.508 e. The number of benzene rings is 1. The first-order valence-electron chi connectivity index (χ1n) is 11.8. The SMILES string of the molecule is CCC(C)N(C(=O)C(CC(N)=O)NC(=O)OC(C)(C)C)C(C(=O)NC(C)C)c1ccc(O)c(C)c1. The van der Waals surface area contributed by atoms with Gasteiger partial charge in [-0.15, -0.1) is 0 Å². The number of aromatic hydroxyl groups is 1. The van der Waals surface area contributed by atoms with Crippen LogP contribution >= 0.6 is 0 Å². The highest BCUT2D eigenvalue weighted by Gasteiger charge is 2.39. The first-order chi connectivity index (χ1) is 16.1. The summed E-state index contributed by atoms with van der Waals surface area (Å²) in [7, 11) is 0. The monoisotopic (exact) mass is 492 g/mol. The molecule has 0 bridgehead atoms. The van der Waals surface area contributed by atoms with Crippen LogP contribution in [0.1, 0.15) is 78.5 Å². The predicted octanol–water partition coefficient (Wildman–Crippen LogP) is 2.66. The van der Waals surface area contributed by atoms with Gasteiger partial charge in [-0.1, -0.05) is 13.0 Å². The van der Waals surface area contributed by atoms with Crippen molar-refractivity contribution in [1.29, 1.82) is 0 Å². The van der Waals surface area contributed by atoms with Gasteiger partial charge >= 0.3 is 6.09 Å². The number of phenolic OH excluding ortho intramolecular Hbond substituents is 1. The lowest BCUT2D eigenvalue weighted by atomic mass is 9.97. The Morgan fingerprint density at radius 2 is 1.71 bits per heavy atom. The first-order valence-corrected chi connectivity index (χ1v) is 11.8. The van der Waals surface area contributed by atoms with Crippen LogP contribution in [0.15, 0.2) is 18.2 Å². The molecular weight excluding hydrogens is 452 g/mol. The molecule has 10 nitrogen and oxygen atoms in total. The van der Waals surface area contributed by atoms with Crippen molar-refractivity contribution in [1.82, 2.24) is 15.5 Å². The zero-order valence-electron chi connectivity index (χ0n) is 22.0. The Hall–Kier alpha value is -3.30. The highest BCUT2D eigenvalue weighted by atomic mass is 16.6. The fourth-order valence-corrected chi connectivity index (χ4v) is 3.48. The van der Waals surface area contributed by atoms with Crippen LogP contribution in [-0.4, -0.2) is 57.5 Å². The van der Waals surface area contributed by atoms with Crippen molar-refractivity contribution in [2.24, 2.45) is 5.73 Å². The van der Waals surface area contributed by atoms with Crippen LogP contribution in [0.2, 0.25) is 0 Å². The zero-order chi connectivity index (χ0) is 27.1. The number of rotatable bonds is 10. The fourth-order valence-electron chi connectivity index (χ4n) is 3.48. The maximum absolute atomic E-state index is 13.9. The van der Waals surface area contributed by atoms with Crippen molar-refractivity contribution in [2.75, 3.05) is 0 Å². The van der Waals surface area contributed by atoms with Crippen LogP contribution in [0.3, 0.4) is 0 Å². The number of amides is 4. The van der Waals surface area contributed by atoms with Gasteiger partial charge in [0.2, 0.25) is 17.7 Å². The Morgan fingerprint density at radius 3 is 2.17 bits per heavy atom. The average molecular weight is 493 g/mol. The minimum atomic E-state index is -1.34. The van der Waals surface area contributed by atoms with E-state index in [1.165, 1.54) is 11.0 Å². The molecule has 0 fully saturated rings. The highest BCUT2D eigenvalue weighted by Crippen LogP contribution is 2.29. The molecule has 0 saturated heterocycles. The second kappa shape index (κ2) is 12.4. The molecular formula is C25H40N4O6. The Kier molecular flexibility index (Phi) is 10.5. The van der Waals surface area contributed by atoms with Gasteiger partial charge < -0.3 is 31.1 Å². The number of ether oxygens (including phenoxy) is 1. The lowest BCUT2D eigenvalue weighted by Gasteiger charge is -2.38. The third kappa shape index (κ3) is 9.11. The number of alkyl carbamates (subject to hydrolysis) is 1. The molecule has 3 unspecified atom stereocenters. The van der Waals surface area contributed by atoms with E-state index < -0.39 is 54.0 Å². The molecule has 0 radical (unpaired) electrons. The lowest BCUT2D eigenvalue weighted by Crippen LogP contribution is -2.56. The summed E-state index contributed by atoms with van der Waals surface area (Å²) in [5.74, 6) is -1.84. The van der Waals surface area contributed by atoms with E-state index in [0.717, 1.165) is 0 Å². The molecule has 1 aromatic rings. The van der Waals surface area contributed by atoms with Crippen molar-refractivity contribution >= 4 is 23.8 Å². The molecule has 0 aliphatic rings. The molecule has 3 atom stereocenters. The van der Waals surface area contributed by atoms with Crippen molar-refractivity contribution in [3.8, 4) is 5.75 Å². The Balaban J connectivity index is 3.58. The van der Waals surface area contributed by atoms with Crippen LogP contribution in [-0.2, 0) is 19.1 Å².